The molecular formula is C18H16N4O. The Morgan fingerprint density at radius 2 is 2.22 bits per heavy atom. The molecule has 0 amide bonds. The van der Waals surface area contributed by atoms with Gasteiger partial charge in [-0.25, -0.2) is 4.99 Å². The van der Waals surface area contributed by atoms with Crippen molar-refractivity contribution >= 4 is 23.1 Å². The lowest BCUT2D eigenvalue weighted by Gasteiger charge is -2.27. The summed E-state index contributed by atoms with van der Waals surface area (Å²) in [5.74, 6) is 1.73. The molecule has 0 bridgehead atoms. The average Bonchev–Trinajstić information content (AvgIpc) is 3.05. The summed E-state index contributed by atoms with van der Waals surface area (Å²) in [4.78, 5) is 27.9. The van der Waals surface area contributed by atoms with E-state index in [1.807, 2.05) is 13.0 Å². The maximum Gasteiger partial charge on any atom is 0.171 e. The van der Waals surface area contributed by atoms with Crippen LogP contribution in [0.4, 0.5) is 5.69 Å². The molecule has 0 saturated carbocycles. The van der Waals surface area contributed by atoms with Gasteiger partial charge in [0.15, 0.2) is 5.78 Å². The third-order valence-corrected chi connectivity index (χ3v) is 4.10. The van der Waals surface area contributed by atoms with Crippen molar-refractivity contribution in [2.45, 2.75) is 13.3 Å². The lowest BCUT2D eigenvalue weighted by molar-refractivity contribution is 0.0998. The smallest absolute Gasteiger partial charge is 0.171 e. The van der Waals surface area contributed by atoms with Crippen molar-refractivity contribution in [3.8, 4) is 0 Å². The fourth-order valence-electron chi connectivity index (χ4n) is 2.96. The molecule has 0 saturated heterocycles. The number of carbonyl (C=O) groups excluding carboxylic acids is 1. The van der Waals surface area contributed by atoms with E-state index in [0.717, 1.165) is 41.6 Å². The van der Waals surface area contributed by atoms with E-state index in [9.17, 15) is 4.79 Å². The first-order valence-electron chi connectivity index (χ1n) is 7.66. The van der Waals surface area contributed by atoms with E-state index in [-0.39, 0.29) is 12.2 Å². The number of fused-ring (bicyclic) bond motifs is 3. The molecule has 0 spiro atoms. The fraction of sp³-hybridized carbons (Fsp3) is 0.222. The maximum absolute atomic E-state index is 12.5. The van der Waals surface area contributed by atoms with Crippen LogP contribution in [0.1, 0.15) is 27.9 Å². The van der Waals surface area contributed by atoms with Crippen molar-refractivity contribution < 1.29 is 4.79 Å². The van der Waals surface area contributed by atoms with Gasteiger partial charge in [-0.2, -0.15) is 0 Å². The first-order valence-corrected chi connectivity index (χ1v) is 7.66. The maximum atomic E-state index is 12.5. The highest BCUT2D eigenvalue weighted by Gasteiger charge is 2.30. The van der Waals surface area contributed by atoms with Crippen molar-refractivity contribution in [1.82, 2.24) is 9.88 Å². The Labute approximate surface area is 134 Å². The molecule has 4 rings (SSSR count). The number of benzene rings is 1. The van der Waals surface area contributed by atoms with Gasteiger partial charge in [-0.15, -0.1) is 0 Å². The number of nitrogens with zero attached hydrogens (tertiary/aromatic N) is 4. The number of carbonyl (C=O) groups is 1. The lowest BCUT2D eigenvalue weighted by atomic mass is 10.0. The molecule has 5 nitrogen and oxygen atoms in total. The largest absolute Gasteiger partial charge is 0.312 e. The minimum Gasteiger partial charge on any atom is -0.312 e. The number of amidine groups is 2. The van der Waals surface area contributed by atoms with Gasteiger partial charge in [-0.1, -0.05) is 6.07 Å². The van der Waals surface area contributed by atoms with Gasteiger partial charge in [0.05, 0.1) is 18.7 Å². The molecule has 0 aliphatic carbocycles. The minimum atomic E-state index is 0.0270. The van der Waals surface area contributed by atoms with Crippen LogP contribution in [0, 0.1) is 6.92 Å². The Bertz CT molecular complexity index is 839. The number of rotatable bonds is 3. The summed E-state index contributed by atoms with van der Waals surface area (Å²) < 4.78 is 0. The van der Waals surface area contributed by atoms with Gasteiger partial charge < -0.3 is 4.90 Å². The number of Topliss-reactive ketones (excluding diaryl/α,β-unsaturated/α-hetero) is 1. The second-order valence-electron chi connectivity index (χ2n) is 5.75. The van der Waals surface area contributed by atoms with Gasteiger partial charge in [-0.05, 0) is 36.8 Å². The molecular weight excluding hydrogens is 288 g/mol. The molecule has 2 aromatic rings. The summed E-state index contributed by atoms with van der Waals surface area (Å²) in [5.41, 5.74) is 3.71. The molecule has 0 N–H and O–H groups in total. The van der Waals surface area contributed by atoms with E-state index >= 15 is 0 Å². The van der Waals surface area contributed by atoms with Crippen LogP contribution < -0.4 is 0 Å². The SMILES string of the molecule is Cc1ccc2c(c1)N=C(CC(=O)c1cccnc1)N1CCN=C21. The highest BCUT2D eigenvalue weighted by Crippen LogP contribution is 2.30. The van der Waals surface area contributed by atoms with Crippen LogP contribution in [0.15, 0.2) is 52.7 Å². The summed E-state index contributed by atoms with van der Waals surface area (Å²) in [5, 5.41) is 0. The molecule has 23 heavy (non-hydrogen) atoms. The van der Waals surface area contributed by atoms with Gasteiger partial charge in [0.25, 0.3) is 0 Å². The number of ketones is 1. The van der Waals surface area contributed by atoms with Crippen molar-refractivity contribution in [3.63, 3.8) is 0 Å². The summed E-state index contributed by atoms with van der Waals surface area (Å²) in [6.45, 7) is 3.56. The summed E-state index contributed by atoms with van der Waals surface area (Å²) in [6, 6.07) is 9.74. The number of hydrogen-bond donors (Lipinski definition) is 0. The van der Waals surface area contributed by atoms with Gasteiger partial charge in [-0.3, -0.25) is 14.8 Å². The van der Waals surface area contributed by atoms with Crippen LogP contribution in [-0.4, -0.2) is 40.4 Å². The molecule has 5 heteroatoms. The molecule has 0 atom stereocenters. The third-order valence-electron chi connectivity index (χ3n) is 4.10. The lowest BCUT2D eigenvalue weighted by Crippen LogP contribution is -2.38. The molecule has 114 valence electrons. The molecule has 2 aliphatic rings. The minimum absolute atomic E-state index is 0.0270. The number of pyridine rings is 1. The number of hydrogen-bond acceptors (Lipinski definition) is 5. The van der Waals surface area contributed by atoms with Crippen molar-refractivity contribution in [2.75, 3.05) is 13.1 Å². The zero-order chi connectivity index (χ0) is 15.8. The van der Waals surface area contributed by atoms with Gasteiger partial charge in [0.2, 0.25) is 0 Å². The summed E-state index contributed by atoms with van der Waals surface area (Å²) >= 11 is 0. The Morgan fingerprint density at radius 3 is 3.04 bits per heavy atom. The highest BCUT2D eigenvalue weighted by molar-refractivity contribution is 6.20. The van der Waals surface area contributed by atoms with Crippen LogP contribution in [-0.2, 0) is 0 Å². The fourth-order valence-corrected chi connectivity index (χ4v) is 2.96. The first-order chi connectivity index (χ1) is 11.2. The highest BCUT2D eigenvalue weighted by atomic mass is 16.1. The van der Waals surface area contributed by atoms with E-state index in [1.54, 1.807) is 24.5 Å². The van der Waals surface area contributed by atoms with Crippen LogP contribution in [0.2, 0.25) is 0 Å². The predicted molar refractivity (Wildman–Crippen MR) is 89.6 cm³/mol. The monoisotopic (exact) mass is 304 g/mol. The Balaban J connectivity index is 1.71. The predicted octanol–water partition coefficient (Wildman–Crippen LogP) is 2.77. The van der Waals surface area contributed by atoms with Crippen LogP contribution in [0.25, 0.3) is 0 Å². The zero-order valence-electron chi connectivity index (χ0n) is 12.9. The number of aryl methyl sites for hydroxylation is 1. The molecule has 1 aromatic carbocycles. The second-order valence-corrected chi connectivity index (χ2v) is 5.75. The van der Waals surface area contributed by atoms with Gasteiger partial charge in [0, 0.05) is 30.1 Å². The first kappa shape index (κ1) is 13.8. The summed E-state index contributed by atoms with van der Waals surface area (Å²) in [6.07, 6.45) is 3.53. The molecule has 0 radical (unpaired) electrons. The van der Waals surface area contributed by atoms with E-state index in [4.69, 9.17) is 4.99 Å². The van der Waals surface area contributed by atoms with Crippen LogP contribution in [0.3, 0.4) is 0 Å². The van der Waals surface area contributed by atoms with Crippen molar-refractivity contribution in [2.24, 2.45) is 9.98 Å². The average molecular weight is 304 g/mol. The van der Waals surface area contributed by atoms with Gasteiger partial charge >= 0.3 is 0 Å². The molecule has 1 aromatic heterocycles. The van der Waals surface area contributed by atoms with E-state index in [0.29, 0.717) is 5.56 Å². The van der Waals surface area contributed by atoms with E-state index in [2.05, 4.69) is 27.0 Å². The van der Waals surface area contributed by atoms with E-state index in [1.165, 1.54) is 0 Å². The van der Waals surface area contributed by atoms with Crippen LogP contribution in [0.5, 0.6) is 0 Å². The molecule has 0 fully saturated rings. The van der Waals surface area contributed by atoms with Crippen molar-refractivity contribution in [1.29, 1.82) is 0 Å². The summed E-state index contributed by atoms with van der Waals surface area (Å²) in [7, 11) is 0. The normalized spacial score (nSPS) is 15.6. The Kier molecular flexibility index (Phi) is 3.26. The van der Waals surface area contributed by atoms with E-state index < -0.39 is 0 Å². The molecule has 0 unspecified atom stereocenters. The topological polar surface area (TPSA) is 57.9 Å². The quantitative estimate of drug-likeness (QED) is 0.819. The number of aromatic nitrogens is 1. The Morgan fingerprint density at radius 1 is 1.30 bits per heavy atom. The molecule has 2 aliphatic heterocycles. The van der Waals surface area contributed by atoms with Crippen LogP contribution >= 0.6 is 0 Å². The zero-order valence-corrected chi connectivity index (χ0v) is 12.9. The van der Waals surface area contributed by atoms with Gasteiger partial charge in [0.1, 0.15) is 11.7 Å². The van der Waals surface area contributed by atoms with Crippen molar-refractivity contribution in [3.05, 3.63) is 59.4 Å². The molecule has 3 heterocycles. The standard InChI is InChI=1S/C18H16N4O/c1-12-4-5-14-15(9-12)21-17(22-8-7-20-18(14)22)10-16(23)13-3-2-6-19-11-13/h2-6,9,11H,7-8,10H2,1H3. The second kappa shape index (κ2) is 5.43. The Hall–Kier alpha value is -2.82. The third kappa shape index (κ3) is 2.44. The number of aliphatic imine (C=N–C) groups is 2.